The van der Waals surface area contributed by atoms with Gasteiger partial charge in [-0.15, -0.1) is 0 Å². The summed E-state index contributed by atoms with van der Waals surface area (Å²) < 4.78 is 6.39. The van der Waals surface area contributed by atoms with Gasteiger partial charge in [-0.05, 0) is 128 Å². The fourth-order valence-corrected chi connectivity index (χ4v) is 14.1. The minimum absolute atomic E-state index is 0.00374. The average Bonchev–Trinajstić information content (AvgIpc) is 3.34. The molecule has 6 aliphatic carbocycles. The smallest absolute Gasteiger partial charge is 0.309 e. The number of fused-ring (bicyclic) bond motifs is 7. The Balaban J connectivity index is 1.29. The summed E-state index contributed by atoms with van der Waals surface area (Å²) >= 11 is 0. The average molecular weight is 737 g/mol. The number of hydrogen-bond donors (Lipinski definition) is 2. The summed E-state index contributed by atoms with van der Waals surface area (Å²) in [5.74, 6) is -1.38. The van der Waals surface area contributed by atoms with Crippen molar-refractivity contribution in [1.82, 2.24) is 10.2 Å². The zero-order chi connectivity index (χ0) is 39.6. The highest BCUT2D eigenvalue weighted by Crippen LogP contribution is 2.77. The van der Waals surface area contributed by atoms with Crippen LogP contribution in [0.5, 0.6) is 0 Å². The van der Waals surface area contributed by atoms with Crippen molar-refractivity contribution in [3.05, 3.63) is 11.1 Å². The highest BCUT2D eigenvalue weighted by Gasteiger charge is 2.71. The minimum Gasteiger partial charge on any atom is -0.481 e. The van der Waals surface area contributed by atoms with E-state index < -0.39 is 34.2 Å². The lowest BCUT2D eigenvalue weighted by atomic mass is 9.33. The van der Waals surface area contributed by atoms with Crippen LogP contribution in [0.3, 0.4) is 0 Å². The summed E-state index contributed by atoms with van der Waals surface area (Å²) in [7, 11) is 3.40. The van der Waals surface area contributed by atoms with Crippen LogP contribution in [0.1, 0.15) is 140 Å². The third-order valence-electron chi connectivity index (χ3n) is 17.3. The Hall–Kier alpha value is -2.71. The standard InChI is InChI=1S/C44H68N2O7/c1-24(2)32-28(47)23-44(36(51)45-40(7,8)37(52)46(12)13)21-20-42(10)25(33(32)44)14-15-30-41(9)18-17-31(39(5,6)29(41)16-19-43(30,42)11)53-35(50)27-22-26(34(48)49)38(27,3)4/h24-27,29-31H,14-23H2,1-13H3,(H,45,51)(H,48,49)/t25-,26+,27-,29+,30-,31+,41+,42-,43-,44-/m1/s1. The molecule has 53 heavy (non-hydrogen) atoms. The summed E-state index contributed by atoms with van der Waals surface area (Å²) in [6.45, 7) is 23.5. The zero-order valence-corrected chi connectivity index (χ0v) is 35.0. The van der Waals surface area contributed by atoms with Crippen molar-refractivity contribution in [2.24, 2.45) is 68.0 Å². The maximum atomic E-state index is 14.6. The van der Waals surface area contributed by atoms with E-state index in [4.69, 9.17) is 4.74 Å². The molecule has 0 heterocycles. The Bertz CT molecular complexity index is 1640. The molecule has 296 valence electrons. The lowest BCUT2D eigenvalue weighted by Gasteiger charge is -2.72. The largest absolute Gasteiger partial charge is 0.481 e. The molecule has 5 saturated carbocycles. The van der Waals surface area contributed by atoms with Crippen LogP contribution in [0.4, 0.5) is 0 Å². The molecule has 0 aliphatic heterocycles. The maximum absolute atomic E-state index is 14.6. The first-order chi connectivity index (χ1) is 24.2. The molecule has 0 bridgehead atoms. The molecule has 9 nitrogen and oxygen atoms in total. The predicted octanol–water partition coefficient (Wildman–Crippen LogP) is 7.61. The van der Waals surface area contributed by atoms with Gasteiger partial charge in [0.2, 0.25) is 11.8 Å². The monoisotopic (exact) mass is 737 g/mol. The molecule has 0 spiro atoms. The molecule has 10 atom stereocenters. The maximum Gasteiger partial charge on any atom is 0.309 e. The minimum atomic E-state index is -1.10. The third-order valence-corrected chi connectivity index (χ3v) is 17.3. The molecule has 0 aromatic rings. The number of amides is 2. The number of Topliss-reactive ketones (excluding diaryl/α,β-unsaturated/α-hetero) is 1. The van der Waals surface area contributed by atoms with Crippen molar-refractivity contribution >= 4 is 29.5 Å². The van der Waals surface area contributed by atoms with Gasteiger partial charge in [-0.2, -0.15) is 0 Å². The molecule has 6 rings (SSSR count). The molecule has 0 radical (unpaired) electrons. The van der Waals surface area contributed by atoms with E-state index in [2.05, 4.69) is 53.8 Å². The van der Waals surface area contributed by atoms with E-state index in [0.717, 1.165) is 56.1 Å². The van der Waals surface area contributed by atoms with Gasteiger partial charge in [0.1, 0.15) is 11.6 Å². The van der Waals surface area contributed by atoms with Crippen molar-refractivity contribution < 1.29 is 33.8 Å². The third kappa shape index (κ3) is 5.44. The molecule has 9 heteroatoms. The number of aliphatic carboxylic acids is 1. The number of carbonyl (C=O) groups excluding carboxylic acids is 4. The summed E-state index contributed by atoms with van der Waals surface area (Å²) in [5, 5.41) is 12.8. The number of nitrogens with zero attached hydrogens (tertiary/aromatic N) is 1. The summed E-state index contributed by atoms with van der Waals surface area (Å²) in [5.41, 5.74) is -1.09. The van der Waals surface area contributed by atoms with Crippen molar-refractivity contribution in [3.8, 4) is 0 Å². The molecule has 0 aromatic heterocycles. The number of likely N-dealkylation sites (N-methyl/N-ethyl adjacent to an activating group) is 1. The fraction of sp³-hybridized carbons (Fsp3) is 0.841. The molecule has 5 fully saturated rings. The van der Waals surface area contributed by atoms with Gasteiger partial charge in [0.05, 0.1) is 17.3 Å². The molecule has 0 aromatic carbocycles. The van der Waals surface area contributed by atoms with Crippen LogP contribution < -0.4 is 5.32 Å². The van der Waals surface area contributed by atoms with Gasteiger partial charge in [-0.1, -0.05) is 62.3 Å². The fourth-order valence-electron chi connectivity index (χ4n) is 14.1. The van der Waals surface area contributed by atoms with Crippen LogP contribution in [0.15, 0.2) is 11.1 Å². The topological polar surface area (TPSA) is 130 Å². The second-order valence-electron chi connectivity index (χ2n) is 21.3. The lowest BCUT2D eigenvalue weighted by Crippen LogP contribution is -2.67. The van der Waals surface area contributed by atoms with E-state index in [1.807, 2.05) is 13.8 Å². The predicted molar refractivity (Wildman–Crippen MR) is 203 cm³/mol. The number of ketones is 1. The summed E-state index contributed by atoms with van der Waals surface area (Å²) in [6, 6.07) is 0. The number of carbonyl (C=O) groups is 5. The SMILES string of the molecule is CC(C)C1=C2[C@H]3CC[C@@H]4[C@@]5(C)CC[C@H](OC(=O)[C@H]6C[C@@H](C(=O)O)C6(C)C)C(C)(C)[C@@H]5CC[C@@]4(C)[C@]3(C)CC[C@@]2(C(=O)NC(C)(C)C(=O)N(C)C)CC1=O. The first-order valence-electron chi connectivity index (χ1n) is 20.5. The Morgan fingerprint density at radius 2 is 1.47 bits per heavy atom. The van der Waals surface area contributed by atoms with Crippen molar-refractivity contribution in [3.63, 3.8) is 0 Å². The summed E-state index contributed by atoms with van der Waals surface area (Å²) in [4.78, 5) is 68.7. The summed E-state index contributed by atoms with van der Waals surface area (Å²) in [6.07, 6.45) is 7.50. The van der Waals surface area contributed by atoms with Crippen LogP contribution in [-0.2, 0) is 28.7 Å². The van der Waals surface area contributed by atoms with E-state index in [1.54, 1.807) is 27.9 Å². The molecular weight excluding hydrogens is 668 g/mol. The molecule has 0 saturated heterocycles. The number of hydrogen-bond acceptors (Lipinski definition) is 6. The zero-order valence-electron chi connectivity index (χ0n) is 35.0. The number of esters is 1. The number of rotatable bonds is 7. The van der Waals surface area contributed by atoms with Gasteiger partial charge in [0.15, 0.2) is 5.78 Å². The Labute approximate surface area is 318 Å². The number of ether oxygens (including phenoxy) is 1. The van der Waals surface area contributed by atoms with Crippen LogP contribution in [-0.4, -0.2) is 65.3 Å². The second-order valence-corrected chi connectivity index (χ2v) is 21.3. The molecule has 6 aliphatic rings. The molecule has 2 N–H and O–H groups in total. The Kier molecular flexibility index (Phi) is 9.35. The first-order valence-corrected chi connectivity index (χ1v) is 20.5. The number of carboxylic acids is 1. The van der Waals surface area contributed by atoms with Crippen LogP contribution >= 0.6 is 0 Å². The normalized spacial score (nSPS) is 41.3. The molecule has 2 amide bonds. The number of nitrogens with one attached hydrogen (secondary N) is 1. The second kappa shape index (κ2) is 12.4. The van der Waals surface area contributed by atoms with E-state index in [9.17, 15) is 29.1 Å². The highest BCUT2D eigenvalue weighted by molar-refractivity contribution is 6.07. The van der Waals surface area contributed by atoms with Gasteiger partial charge in [0.25, 0.3) is 0 Å². The van der Waals surface area contributed by atoms with Gasteiger partial charge in [-0.3, -0.25) is 24.0 Å². The van der Waals surface area contributed by atoms with E-state index in [0.29, 0.717) is 24.7 Å². The van der Waals surface area contributed by atoms with E-state index >= 15 is 0 Å². The lowest BCUT2D eigenvalue weighted by molar-refractivity contribution is -0.236. The van der Waals surface area contributed by atoms with Crippen LogP contribution in [0.2, 0.25) is 0 Å². The quantitative estimate of drug-likeness (QED) is 0.258. The van der Waals surface area contributed by atoms with Gasteiger partial charge < -0.3 is 20.1 Å². The molecule has 0 unspecified atom stereocenters. The highest BCUT2D eigenvalue weighted by atomic mass is 16.5. The van der Waals surface area contributed by atoms with Gasteiger partial charge in [-0.25, -0.2) is 0 Å². The van der Waals surface area contributed by atoms with E-state index in [1.165, 1.54) is 4.90 Å². The molecular formula is C44H68N2O7. The van der Waals surface area contributed by atoms with Gasteiger partial charge >= 0.3 is 11.9 Å². The number of carboxylic acid groups (broad SMARTS) is 1. The van der Waals surface area contributed by atoms with Crippen LogP contribution in [0.25, 0.3) is 0 Å². The Morgan fingerprint density at radius 1 is 0.830 bits per heavy atom. The van der Waals surface area contributed by atoms with Gasteiger partial charge in [0, 0.05) is 25.9 Å². The number of allylic oxidation sites excluding steroid dienone is 1. The Morgan fingerprint density at radius 3 is 2.04 bits per heavy atom. The van der Waals surface area contributed by atoms with Crippen molar-refractivity contribution in [2.75, 3.05) is 14.1 Å². The van der Waals surface area contributed by atoms with Crippen molar-refractivity contribution in [2.45, 2.75) is 152 Å². The van der Waals surface area contributed by atoms with Crippen molar-refractivity contribution in [1.29, 1.82) is 0 Å². The van der Waals surface area contributed by atoms with E-state index in [-0.39, 0.29) is 69.6 Å². The first kappa shape index (κ1) is 40.0. The van der Waals surface area contributed by atoms with Crippen LogP contribution in [0, 0.1) is 68.0 Å².